The van der Waals surface area contributed by atoms with Gasteiger partial charge in [0.15, 0.2) is 0 Å². The highest BCUT2D eigenvalue weighted by Crippen LogP contribution is 2.11. The van der Waals surface area contributed by atoms with Crippen molar-refractivity contribution in [3.8, 4) is 0 Å². The Morgan fingerprint density at radius 1 is 1.44 bits per heavy atom. The third-order valence-corrected chi connectivity index (χ3v) is 2.50. The lowest BCUT2D eigenvalue weighted by molar-refractivity contribution is -0.109. The first kappa shape index (κ1) is 12.1. The summed E-state index contributed by atoms with van der Waals surface area (Å²) in [5.41, 5.74) is 2.10. The Labute approximate surface area is 104 Å². The topological polar surface area (TPSA) is 86.9 Å². The van der Waals surface area contributed by atoms with Crippen LogP contribution in [-0.2, 0) is 4.79 Å². The Bertz CT molecular complexity index is 517. The van der Waals surface area contributed by atoms with Crippen LogP contribution in [0.5, 0.6) is 0 Å². The van der Waals surface area contributed by atoms with Crippen molar-refractivity contribution in [2.45, 2.75) is 6.42 Å². The number of carbonyl (C=O) groups is 2. The van der Waals surface area contributed by atoms with Crippen LogP contribution in [0.2, 0.25) is 0 Å². The van der Waals surface area contributed by atoms with Gasteiger partial charge in [0, 0.05) is 19.3 Å². The van der Waals surface area contributed by atoms with E-state index in [1.165, 1.54) is 0 Å². The number of amides is 2. The highest BCUT2D eigenvalue weighted by molar-refractivity contribution is 5.96. The van der Waals surface area contributed by atoms with Crippen LogP contribution >= 0.6 is 0 Å². The lowest BCUT2D eigenvalue weighted by atomic mass is 10.3. The average Bonchev–Trinajstić information content (AvgIpc) is 2.82. The highest BCUT2D eigenvalue weighted by atomic mass is 16.2. The van der Waals surface area contributed by atoms with Gasteiger partial charge in [-0.05, 0) is 24.6 Å². The number of nitrogens with one attached hydrogen (secondary N) is 3. The van der Waals surface area contributed by atoms with E-state index in [9.17, 15) is 9.59 Å². The van der Waals surface area contributed by atoms with Gasteiger partial charge in [-0.15, -0.1) is 0 Å². The number of hydrogen-bond donors (Lipinski definition) is 3. The molecule has 2 aromatic heterocycles. The van der Waals surface area contributed by atoms with E-state index >= 15 is 0 Å². The molecule has 0 fully saturated rings. The molecule has 2 amide bonds. The van der Waals surface area contributed by atoms with Gasteiger partial charge in [0.2, 0.25) is 6.41 Å². The largest absolute Gasteiger partial charge is 0.359 e. The van der Waals surface area contributed by atoms with Gasteiger partial charge < -0.3 is 15.6 Å². The standard InChI is InChI=1S/C12H14N4O2/c17-8-13-4-2-6-15-12(18)11-7-10-9(16-11)3-1-5-14-10/h1,3,5,7-8,16H,2,4,6H2,(H,13,17)(H,15,18). The molecular weight excluding hydrogens is 232 g/mol. The first-order valence-electron chi connectivity index (χ1n) is 5.70. The van der Waals surface area contributed by atoms with Crippen LogP contribution in [0.4, 0.5) is 0 Å². The number of aromatic nitrogens is 2. The minimum atomic E-state index is -0.167. The fourth-order valence-corrected chi connectivity index (χ4v) is 1.62. The molecule has 0 spiro atoms. The first-order valence-corrected chi connectivity index (χ1v) is 5.70. The van der Waals surface area contributed by atoms with E-state index in [-0.39, 0.29) is 5.91 Å². The molecule has 0 radical (unpaired) electrons. The number of carbonyl (C=O) groups excluding carboxylic acids is 2. The molecule has 0 atom stereocenters. The fraction of sp³-hybridized carbons (Fsp3) is 0.250. The number of nitrogens with zero attached hydrogens (tertiary/aromatic N) is 1. The van der Waals surface area contributed by atoms with E-state index in [4.69, 9.17) is 0 Å². The molecule has 6 heteroatoms. The van der Waals surface area contributed by atoms with Gasteiger partial charge in [-0.1, -0.05) is 0 Å². The van der Waals surface area contributed by atoms with Crippen LogP contribution in [0.15, 0.2) is 24.4 Å². The van der Waals surface area contributed by atoms with Crippen molar-refractivity contribution < 1.29 is 9.59 Å². The number of pyridine rings is 1. The summed E-state index contributed by atoms with van der Waals surface area (Å²) < 4.78 is 0. The Morgan fingerprint density at radius 3 is 3.11 bits per heavy atom. The molecule has 0 aromatic carbocycles. The minimum Gasteiger partial charge on any atom is -0.359 e. The zero-order valence-electron chi connectivity index (χ0n) is 9.77. The summed E-state index contributed by atoms with van der Waals surface area (Å²) in [5, 5.41) is 5.30. The third-order valence-electron chi connectivity index (χ3n) is 2.50. The molecule has 0 unspecified atom stereocenters. The lowest BCUT2D eigenvalue weighted by Gasteiger charge is -2.02. The van der Waals surface area contributed by atoms with Crippen molar-refractivity contribution in [3.05, 3.63) is 30.1 Å². The van der Waals surface area contributed by atoms with Crippen molar-refractivity contribution in [1.29, 1.82) is 0 Å². The maximum absolute atomic E-state index is 11.8. The molecule has 2 aromatic rings. The van der Waals surface area contributed by atoms with Gasteiger partial charge in [-0.3, -0.25) is 14.6 Å². The molecule has 0 aliphatic rings. The van der Waals surface area contributed by atoms with Crippen LogP contribution in [0, 0.1) is 0 Å². The van der Waals surface area contributed by atoms with Crippen molar-refractivity contribution in [1.82, 2.24) is 20.6 Å². The van der Waals surface area contributed by atoms with Gasteiger partial charge in [0.05, 0.1) is 11.0 Å². The zero-order valence-corrected chi connectivity index (χ0v) is 9.77. The number of rotatable bonds is 6. The number of fused-ring (bicyclic) bond motifs is 1. The van der Waals surface area contributed by atoms with Crippen molar-refractivity contribution in [3.63, 3.8) is 0 Å². The Kier molecular flexibility index (Phi) is 3.90. The van der Waals surface area contributed by atoms with Crippen molar-refractivity contribution in [2.75, 3.05) is 13.1 Å². The smallest absolute Gasteiger partial charge is 0.267 e. The predicted molar refractivity (Wildman–Crippen MR) is 67.1 cm³/mol. The molecular formula is C12H14N4O2. The normalized spacial score (nSPS) is 10.2. The molecule has 18 heavy (non-hydrogen) atoms. The van der Waals surface area contributed by atoms with E-state index in [2.05, 4.69) is 20.6 Å². The third kappa shape index (κ3) is 2.85. The van der Waals surface area contributed by atoms with Crippen molar-refractivity contribution >= 4 is 23.4 Å². The molecule has 0 saturated heterocycles. The van der Waals surface area contributed by atoms with E-state index in [1.54, 1.807) is 12.3 Å². The zero-order chi connectivity index (χ0) is 12.8. The fourth-order valence-electron chi connectivity index (χ4n) is 1.62. The molecule has 6 nitrogen and oxygen atoms in total. The summed E-state index contributed by atoms with van der Waals surface area (Å²) in [6.07, 6.45) is 3.02. The molecule has 94 valence electrons. The summed E-state index contributed by atoms with van der Waals surface area (Å²) in [7, 11) is 0. The minimum absolute atomic E-state index is 0.167. The summed E-state index contributed by atoms with van der Waals surface area (Å²) in [5.74, 6) is -0.167. The lowest BCUT2D eigenvalue weighted by Crippen LogP contribution is -2.27. The quantitative estimate of drug-likeness (QED) is 0.510. The van der Waals surface area contributed by atoms with Crippen LogP contribution in [0.1, 0.15) is 16.9 Å². The van der Waals surface area contributed by atoms with E-state index in [0.29, 0.717) is 31.6 Å². The maximum atomic E-state index is 11.8. The molecule has 0 aliphatic carbocycles. The van der Waals surface area contributed by atoms with Crippen molar-refractivity contribution in [2.24, 2.45) is 0 Å². The average molecular weight is 246 g/mol. The van der Waals surface area contributed by atoms with Crippen LogP contribution in [0.25, 0.3) is 11.0 Å². The van der Waals surface area contributed by atoms with Gasteiger partial charge in [-0.25, -0.2) is 0 Å². The van der Waals surface area contributed by atoms with Crippen LogP contribution in [0.3, 0.4) is 0 Å². The predicted octanol–water partition coefficient (Wildman–Crippen LogP) is 0.429. The monoisotopic (exact) mass is 246 g/mol. The molecule has 0 saturated carbocycles. The second kappa shape index (κ2) is 5.81. The summed E-state index contributed by atoms with van der Waals surface area (Å²) in [4.78, 5) is 28.9. The Balaban J connectivity index is 1.90. The van der Waals surface area contributed by atoms with Crippen LogP contribution in [-0.4, -0.2) is 35.4 Å². The maximum Gasteiger partial charge on any atom is 0.267 e. The highest BCUT2D eigenvalue weighted by Gasteiger charge is 2.08. The molecule has 2 heterocycles. The second-order valence-electron chi connectivity index (χ2n) is 3.80. The Hall–Kier alpha value is -2.37. The molecule has 0 aliphatic heterocycles. The molecule has 2 rings (SSSR count). The summed E-state index contributed by atoms with van der Waals surface area (Å²) in [6, 6.07) is 5.40. The number of H-pyrrole nitrogens is 1. The number of aromatic amines is 1. The molecule has 3 N–H and O–H groups in total. The van der Waals surface area contributed by atoms with Crippen LogP contribution < -0.4 is 10.6 Å². The van der Waals surface area contributed by atoms with E-state index in [0.717, 1.165) is 11.0 Å². The SMILES string of the molecule is O=CNCCCNC(=O)c1cc2ncccc2[nH]1. The van der Waals surface area contributed by atoms with Gasteiger partial charge >= 0.3 is 0 Å². The summed E-state index contributed by atoms with van der Waals surface area (Å²) in [6.45, 7) is 1.07. The van der Waals surface area contributed by atoms with Gasteiger partial charge in [0.1, 0.15) is 5.69 Å². The van der Waals surface area contributed by atoms with E-state index in [1.807, 2.05) is 12.1 Å². The van der Waals surface area contributed by atoms with Gasteiger partial charge in [-0.2, -0.15) is 0 Å². The second-order valence-corrected chi connectivity index (χ2v) is 3.80. The van der Waals surface area contributed by atoms with E-state index < -0.39 is 0 Å². The summed E-state index contributed by atoms with van der Waals surface area (Å²) >= 11 is 0. The molecule has 0 bridgehead atoms. The van der Waals surface area contributed by atoms with Gasteiger partial charge in [0.25, 0.3) is 5.91 Å². The Morgan fingerprint density at radius 2 is 2.33 bits per heavy atom. The first-order chi connectivity index (χ1) is 8.81. The number of hydrogen-bond acceptors (Lipinski definition) is 3.